The number of carbonyl (C=O) groups excluding carboxylic acids is 1. The summed E-state index contributed by atoms with van der Waals surface area (Å²) >= 11 is 1.57. The smallest absolute Gasteiger partial charge is 0.275 e. The Morgan fingerprint density at radius 3 is 2.86 bits per heavy atom. The van der Waals surface area contributed by atoms with Crippen molar-refractivity contribution in [2.24, 2.45) is 15.2 Å². The average Bonchev–Trinajstić information content (AvgIpc) is 3.63. The van der Waals surface area contributed by atoms with E-state index in [2.05, 4.69) is 15.2 Å². The largest absolute Gasteiger partial charge is 0.496 e. The third-order valence-corrected chi connectivity index (χ3v) is 7.12. The van der Waals surface area contributed by atoms with Gasteiger partial charge in [-0.05, 0) is 31.4 Å². The quantitative estimate of drug-likeness (QED) is 0.549. The first-order valence-corrected chi connectivity index (χ1v) is 12.2. The maximum absolute atomic E-state index is 13.8. The summed E-state index contributed by atoms with van der Waals surface area (Å²) in [4.78, 5) is 20.1. The third kappa shape index (κ3) is 3.53. The van der Waals surface area contributed by atoms with E-state index in [9.17, 15) is 4.79 Å². The van der Waals surface area contributed by atoms with Gasteiger partial charge in [0.2, 0.25) is 0 Å². The normalized spacial score (nSPS) is 18.0. The van der Waals surface area contributed by atoms with Crippen LogP contribution in [0.2, 0.25) is 0 Å². The van der Waals surface area contributed by atoms with Gasteiger partial charge in [-0.3, -0.25) is 4.79 Å². The predicted molar refractivity (Wildman–Crippen MR) is 130 cm³/mol. The van der Waals surface area contributed by atoms with Crippen LogP contribution in [0.15, 0.2) is 44.2 Å². The molecule has 35 heavy (non-hydrogen) atoms. The van der Waals surface area contributed by atoms with Crippen molar-refractivity contribution in [3.8, 4) is 28.4 Å². The molecule has 0 saturated carbocycles. The number of azo groups is 1. The number of aromatic nitrogens is 2. The number of hydrogen-bond donors (Lipinski definition) is 0. The van der Waals surface area contributed by atoms with Gasteiger partial charge >= 0.3 is 0 Å². The summed E-state index contributed by atoms with van der Waals surface area (Å²) in [6, 6.07) is 5.76. The van der Waals surface area contributed by atoms with E-state index < -0.39 is 5.54 Å². The molecular formula is C24H24N6O4S. The van der Waals surface area contributed by atoms with Gasteiger partial charge in [-0.1, -0.05) is 0 Å². The highest BCUT2D eigenvalue weighted by atomic mass is 32.1. The molecule has 0 N–H and O–H groups in total. The van der Waals surface area contributed by atoms with Crippen LogP contribution in [0.25, 0.3) is 16.9 Å². The minimum Gasteiger partial charge on any atom is -0.496 e. The Morgan fingerprint density at radius 1 is 1.26 bits per heavy atom. The molecule has 0 aliphatic carbocycles. The number of ether oxygens (including phenoxy) is 3. The van der Waals surface area contributed by atoms with Gasteiger partial charge in [0.05, 0.1) is 42.8 Å². The van der Waals surface area contributed by atoms with Crippen molar-refractivity contribution in [3.05, 3.63) is 45.8 Å². The Morgan fingerprint density at radius 2 is 2.14 bits per heavy atom. The Labute approximate surface area is 205 Å². The molecule has 1 saturated heterocycles. The molecule has 3 aliphatic rings. The molecule has 6 rings (SSSR count). The molecule has 1 aromatic carbocycles. The van der Waals surface area contributed by atoms with Gasteiger partial charge in [-0.2, -0.15) is 21.5 Å². The van der Waals surface area contributed by atoms with Crippen molar-refractivity contribution >= 4 is 23.1 Å². The molecule has 10 nitrogen and oxygen atoms in total. The Hall–Kier alpha value is -3.57. The highest BCUT2D eigenvalue weighted by Crippen LogP contribution is 2.44. The van der Waals surface area contributed by atoms with E-state index in [-0.39, 0.29) is 19.2 Å². The Kier molecular flexibility index (Phi) is 5.19. The fourth-order valence-electron chi connectivity index (χ4n) is 4.69. The highest BCUT2D eigenvalue weighted by molar-refractivity contribution is 7.08. The molecule has 0 spiro atoms. The van der Waals surface area contributed by atoms with Gasteiger partial charge in [-0.15, -0.1) is 5.11 Å². The van der Waals surface area contributed by atoms with E-state index >= 15 is 0 Å². The Bertz CT molecular complexity index is 1380. The first kappa shape index (κ1) is 21.9. The van der Waals surface area contributed by atoms with Crippen LogP contribution in [0.5, 0.6) is 11.5 Å². The number of amides is 1. The van der Waals surface area contributed by atoms with Crippen molar-refractivity contribution in [3.63, 3.8) is 0 Å². The lowest BCUT2D eigenvalue weighted by atomic mass is 9.97. The molecule has 3 aliphatic heterocycles. The molecule has 3 aromatic rings. The van der Waals surface area contributed by atoms with Crippen molar-refractivity contribution < 1.29 is 19.0 Å². The number of aliphatic imine (C=N–C) groups is 1. The van der Waals surface area contributed by atoms with Crippen LogP contribution in [-0.4, -0.2) is 65.5 Å². The maximum atomic E-state index is 13.8. The van der Waals surface area contributed by atoms with E-state index in [1.165, 1.54) is 0 Å². The standard InChI is InChI=1S/C24H24N6O4S/c1-24(2)12-33-6-5-29(24)23(31)20-17-10-34-19-9-18(32-3)16(22-25-13-26-27-22)8-15(19)21(17)30(28-20)14-4-7-35-11-14/h4,7-9,11H,5-6,10,12-13H2,1-3H3. The number of morpholine rings is 1. The number of hydrogen-bond acceptors (Lipinski definition) is 9. The molecule has 0 unspecified atom stereocenters. The van der Waals surface area contributed by atoms with Gasteiger partial charge in [0.1, 0.15) is 18.1 Å². The first-order chi connectivity index (χ1) is 17.0. The fourth-order valence-corrected chi connectivity index (χ4v) is 5.30. The summed E-state index contributed by atoms with van der Waals surface area (Å²) in [5.74, 6) is 1.62. The van der Waals surface area contributed by atoms with Crippen LogP contribution >= 0.6 is 11.3 Å². The fraction of sp³-hybridized carbons (Fsp3) is 0.375. The number of amidine groups is 1. The number of rotatable bonds is 4. The van der Waals surface area contributed by atoms with Crippen LogP contribution in [-0.2, 0) is 11.3 Å². The number of carbonyl (C=O) groups is 1. The summed E-state index contributed by atoms with van der Waals surface area (Å²) in [7, 11) is 1.60. The summed E-state index contributed by atoms with van der Waals surface area (Å²) < 4.78 is 19.2. The lowest BCUT2D eigenvalue weighted by Gasteiger charge is -2.41. The van der Waals surface area contributed by atoms with Crippen LogP contribution in [0, 0.1) is 0 Å². The number of benzene rings is 1. The zero-order valence-electron chi connectivity index (χ0n) is 19.6. The highest BCUT2D eigenvalue weighted by Gasteiger charge is 2.39. The van der Waals surface area contributed by atoms with Crippen molar-refractivity contribution in [1.29, 1.82) is 0 Å². The zero-order valence-corrected chi connectivity index (χ0v) is 20.5. The van der Waals surface area contributed by atoms with Crippen LogP contribution in [0.1, 0.15) is 35.5 Å². The third-order valence-electron chi connectivity index (χ3n) is 6.45. The second-order valence-corrected chi connectivity index (χ2v) is 9.87. The van der Waals surface area contributed by atoms with Gasteiger partial charge in [0, 0.05) is 29.1 Å². The van der Waals surface area contributed by atoms with E-state index in [1.54, 1.807) is 18.4 Å². The van der Waals surface area contributed by atoms with Gasteiger partial charge in [0.25, 0.3) is 5.91 Å². The van der Waals surface area contributed by atoms with Crippen molar-refractivity contribution in [1.82, 2.24) is 14.7 Å². The molecule has 0 radical (unpaired) electrons. The number of nitrogens with zero attached hydrogens (tertiary/aromatic N) is 6. The van der Waals surface area contributed by atoms with Crippen molar-refractivity contribution in [2.75, 3.05) is 33.5 Å². The summed E-state index contributed by atoms with van der Waals surface area (Å²) in [5, 5.41) is 17.0. The average molecular weight is 493 g/mol. The monoisotopic (exact) mass is 492 g/mol. The minimum atomic E-state index is -0.437. The molecule has 11 heteroatoms. The zero-order chi connectivity index (χ0) is 24.2. The van der Waals surface area contributed by atoms with Crippen molar-refractivity contribution in [2.45, 2.75) is 26.0 Å². The van der Waals surface area contributed by atoms with E-state index in [0.29, 0.717) is 48.4 Å². The van der Waals surface area contributed by atoms with Crippen LogP contribution in [0.4, 0.5) is 0 Å². The van der Waals surface area contributed by atoms with E-state index in [4.69, 9.17) is 19.3 Å². The van der Waals surface area contributed by atoms with E-state index in [0.717, 1.165) is 22.5 Å². The molecular weight excluding hydrogens is 468 g/mol. The Balaban J connectivity index is 1.55. The van der Waals surface area contributed by atoms with Crippen LogP contribution < -0.4 is 9.47 Å². The first-order valence-electron chi connectivity index (χ1n) is 11.3. The molecule has 5 heterocycles. The molecule has 0 atom stereocenters. The van der Waals surface area contributed by atoms with Gasteiger partial charge < -0.3 is 19.1 Å². The predicted octanol–water partition coefficient (Wildman–Crippen LogP) is 3.92. The lowest BCUT2D eigenvalue weighted by Crippen LogP contribution is -2.55. The van der Waals surface area contributed by atoms with Crippen LogP contribution in [0.3, 0.4) is 0 Å². The lowest BCUT2D eigenvalue weighted by molar-refractivity contribution is -0.0374. The van der Waals surface area contributed by atoms with E-state index in [1.807, 2.05) is 52.4 Å². The number of fused-ring (bicyclic) bond motifs is 3. The molecule has 180 valence electrons. The molecule has 2 aromatic heterocycles. The second kappa shape index (κ2) is 8.28. The number of thiophene rings is 1. The molecule has 1 amide bonds. The van der Waals surface area contributed by atoms with Gasteiger partial charge in [0.15, 0.2) is 18.2 Å². The second-order valence-electron chi connectivity index (χ2n) is 9.09. The summed E-state index contributed by atoms with van der Waals surface area (Å²) in [6.07, 6.45) is 0. The topological polar surface area (TPSA) is 103 Å². The summed E-state index contributed by atoms with van der Waals surface area (Å²) in [6.45, 7) is 6.02. The minimum absolute atomic E-state index is 0.127. The summed E-state index contributed by atoms with van der Waals surface area (Å²) in [5.41, 5.74) is 3.92. The number of methoxy groups -OCH3 is 1. The van der Waals surface area contributed by atoms with Gasteiger partial charge in [-0.25, -0.2) is 9.67 Å². The molecule has 0 bridgehead atoms. The maximum Gasteiger partial charge on any atom is 0.275 e. The molecule has 1 fully saturated rings. The SMILES string of the molecule is COc1cc2c(cc1C1=NCN=N1)-c1c(c(C(=O)N3CCOCC3(C)C)nn1-c1ccsc1)CO2.